The van der Waals surface area contributed by atoms with Crippen molar-refractivity contribution in [3.63, 3.8) is 0 Å². The van der Waals surface area contributed by atoms with Crippen LogP contribution in [0.3, 0.4) is 0 Å². The highest BCUT2D eigenvalue weighted by Crippen LogP contribution is 2.58. The van der Waals surface area contributed by atoms with Crippen molar-refractivity contribution in [2.45, 2.75) is 38.0 Å². The summed E-state index contributed by atoms with van der Waals surface area (Å²) in [5, 5.41) is 3.80. The highest BCUT2D eigenvalue weighted by atomic mass is 19.4. The van der Waals surface area contributed by atoms with Crippen LogP contribution in [0.2, 0.25) is 0 Å². The van der Waals surface area contributed by atoms with E-state index in [1.807, 2.05) is 19.1 Å². The van der Waals surface area contributed by atoms with Crippen LogP contribution in [-0.2, 0) is 12.1 Å². The summed E-state index contributed by atoms with van der Waals surface area (Å²) in [5.41, 5.74) is 3.02. The molecule has 1 aliphatic carbocycles. The molecule has 1 amide bonds. The van der Waals surface area contributed by atoms with Crippen LogP contribution >= 0.6 is 0 Å². The van der Waals surface area contributed by atoms with Crippen molar-refractivity contribution in [2.24, 2.45) is 0 Å². The number of alkyl halides is 3. The molecule has 0 bridgehead atoms. The molecule has 1 aliphatic heterocycles. The maximum atomic E-state index is 13.3. The molecule has 0 saturated heterocycles. The van der Waals surface area contributed by atoms with Gasteiger partial charge in [0.2, 0.25) is 0 Å². The summed E-state index contributed by atoms with van der Waals surface area (Å²) >= 11 is 0. The van der Waals surface area contributed by atoms with Gasteiger partial charge >= 0.3 is 6.18 Å². The van der Waals surface area contributed by atoms with Crippen molar-refractivity contribution in [1.29, 1.82) is 0 Å². The van der Waals surface area contributed by atoms with Crippen LogP contribution in [-0.4, -0.2) is 38.9 Å². The SMILES string of the molecule is COc1cncc(-c2cc(C)c3c(n2)C2(CC2)N(c2cnn(CC(F)(F)F)c2)C3=O)c1. The number of ether oxygens (including phenoxy) is 1. The molecule has 2 aliphatic rings. The van der Waals surface area contributed by atoms with E-state index < -0.39 is 18.3 Å². The number of aromatic nitrogens is 4. The van der Waals surface area contributed by atoms with Crippen molar-refractivity contribution < 1.29 is 22.7 Å². The zero-order valence-corrected chi connectivity index (χ0v) is 16.8. The molecule has 0 radical (unpaired) electrons. The Balaban J connectivity index is 1.56. The number of nitrogens with zero attached hydrogens (tertiary/aromatic N) is 5. The van der Waals surface area contributed by atoms with Crippen LogP contribution in [0.5, 0.6) is 5.75 Å². The lowest BCUT2D eigenvalue weighted by Crippen LogP contribution is -2.33. The van der Waals surface area contributed by atoms with Gasteiger partial charge in [-0.15, -0.1) is 0 Å². The monoisotopic (exact) mass is 429 g/mol. The quantitative estimate of drug-likeness (QED) is 0.630. The molecule has 160 valence electrons. The van der Waals surface area contributed by atoms with Crippen LogP contribution in [0.25, 0.3) is 11.3 Å². The molecule has 0 atom stereocenters. The second-order valence-electron chi connectivity index (χ2n) is 7.84. The number of carbonyl (C=O) groups excluding carboxylic acids is 1. The number of carbonyl (C=O) groups is 1. The number of fused-ring (bicyclic) bond motifs is 2. The molecule has 10 heteroatoms. The molecule has 0 aromatic carbocycles. The smallest absolute Gasteiger partial charge is 0.408 e. The van der Waals surface area contributed by atoms with Crippen LogP contribution in [0.4, 0.5) is 18.9 Å². The van der Waals surface area contributed by atoms with Gasteiger partial charge in [-0.05, 0) is 37.5 Å². The Morgan fingerprint density at radius 1 is 1.19 bits per heavy atom. The molecular weight excluding hydrogens is 411 g/mol. The van der Waals surface area contributed by atoms with Gasteiger partial charge in [0.15, 0.2) is 0 Å². The van der Waals surface area contributed by atoms with Gasteiger partial charge in [0.25, 0.3) is 5.91 Å². The summed E-state index contributed by atoms with van der Waals surface area (Å²) in [5.74, 6) is 0.327. The summed E-state index contributed by atoms with van der Waals surface area (Å²) in [6, 6.07) is 3.64. The Bertz CT molecular complexity index is 1200. The molecule has 7 nitrogen and oxygen atoms in total. The topological polar surface area (TPSA) is 73.1 Å². The van der Waals surface area contributed by atoms with Crippen molar-refractivity contribution in [1.82, 2.24) is 19.7 Å². The van der Waals surface area contributed by atoms with E-state index in [0.29, 0.717) is 41.2 Å². The first-order chi connectivity index (χ1) is 14.7. The largest absolute Gasteiger partial charge is 0.495 e. The molecule has 1 spiro atoms. The Morgan fingerprint density at radius 2 is 1.97 bits per heavy atom. The Hall–Kier alpha value is -3.43. The Kier molecular flexibility index (Phi) is 4.11. The Morgan fingerprint density at radius 3 is 2.65 bits per heavy atom. The van der Waals surface area contributed by atoms with E-state index in [0.717, 1.165) is 15.8 Å². The number of anilines is 1. The summed E-state index contributed by atoms with van der Waals surface area (Å²) in [4.78, 5) is 23.8. The highest BCUT2D eigenvalue weighted by molar-refractivity contribution is 6.13. The average Bonchev–Trinajstić information content (AvgIpc) is 3.32. The van der Waals surface area contributed by atoms with Crippen LogP contribution in [0.1, 0.15) is 34.5 Å². The zero-order chi connectivity index (χ0) is 22.0. The van der Waals surface area contributed by atoms with Crippen molar-refractivity contribution in [2.75, 3.05) is 12.0 Å². The van der Waals surface area contributed by atoms with E-state index in [1.54, 1.807) is 24.4 Å². The lowest BCUT2D eigenvalue weighted by atomic mass is 10.0. The molecule has 4 heterocycles. The van der Waals surface area contributed by atoms with Crippen molar-refractivity contribution >= 4 is 11.6 Å². The fraction of sp³-hybridized carbons (Fsp3) is 0.333. The molecule has 1 saturated carbocycles. The second kappa shape index (κ2) is 6.53. The number of pyridine rings is 2. The highest BCUT2D eigenvalue weighted by Gasteiger charge is 2.60. The number of hydrogen-bond acceptors (Lipinski definition) is 5. The molecule has 1 fully saturated rings. The second-order valence-corrected chi connectivity index (χ2v) is 7.84. The lowest BCUT2D eigenvalue weighted by molar-refractivity contribution is -0.142. The molecular formula is C21H18F3N5O2. The molecule has 5 rings (SSSR count). The first kappa shape index (κ1) is 19.5. The third-order valence-corrected chi connectivity index (χ3v) is 5.69. The van der Waals surface area contributed by atoms with Gasteiger partial charge in [0.1, 0.15) is 12.3 Å². The lowest BCUT2D eigenvalue weighted by Gasteiger charge is -2.22. The molecule has 3 aromatic heterocycles. The fourth-order valence-corrected chi connectivity index (χ4v) is 4.19. The van der Waals surface area contributed by atoms with Crippen LogP contribution in [0.15, 0.2) is 36.9 Å². The average molecular weight is 429 g/mol. The minimum atomic E-state index is -4.39. The van der Waals surface area contributed by atoms with E-state index in [-0.39, 0.29) is 5.91 Å². The first-order valence-corrected chi connectivity index (χ1v) is 9.67. The minimum Gasteiger partial charge on any atom is -0.495 e. The number of aryl methyl sites for hydroxylation is 1. The number of methoxy groups -OCH3 is 1. The number of rotatable bonds is 4. The molecule has 0 unspecified atom stereocenters. The van der Waals surface area contributed by atoms with E-state index in [4.69, 9.17) is 9.72 Å². The van der Waals surface area contributed by atoms with Gasteiger partial charge in [-0.2, -0.15) is 18.3 Å². The molecule has 31 heavy (non-hydrogen) atoms. The van der Waals surface area contributed by atoms with E-state index in [9.17, 15) is 18.0 Å². The maximum Gasteiger partial charge on any atom is 0.408 e. The molecule has 0 N–H and O–H groups in total. The van der Waals surface area contributed by atoms with E-state index in [1.165, 1.54) is 12.4 Å². The summed E-state index contributed by atoms with van der Waals surface area (Å²) in [6.45, 7) is 0.626. The van der Waals surface area contributed by atoms with Crippen LogP contribution < -0.4 is 9.64 Å². The zero-order valence-electron chi connectivity index (χ0n) is 16.8. The first-order valence-electron chi connectivity index (χ1n) is 9.67. The van der Waals surface area contributed by atoms with Crippen molar-refractivity contribution in [3.05, 3.63) is 53.7 Å². The van der Waals surface area contributed by atoms with Gasteiger partial charge in [0, 0.05) is 18.0 Å². The van der Waals surface area contributed by atoms with Gasteiger partial charge in [-0.1, -0.05) is 0 Å². The van der Waals surface area contributed by atoms with E-state index >= 15 is 0 Å². The van der Waals surface area contributed by atoms with Gasteiger partial charge < -0.3 is 4.74 Å². The van der Waals surface area contributed by atoms with Gasteiger partial charge in [-0.3, -0.25) is 19.4 Å². The Labute approximate surface area is 175 Å². The third kappa shape index (κ3) is 3.13. The predicted octanol–water partition coefficient (Wildman–Crippen LogP) is 3.87. The standard InChI is InChI=1S/C21H18F3N5O2/c1-12-5-16(13-6-15(31-2)9-25-7-13)27-18-17(12)19(30)29(20(18)3-4-20)14-8-26-28(10-14)11-21(22,23)24/h5-10H,3-4,11H2,1-2H3. The van der Waals surface area contributed by atoms with E-state index in [2.05, 4.69) is 10.1 Å². The summed E-state index contributed by atoms with van der Waals surface area (Å²) in [6.07, 6.45) is 2.81. The van der Waals surface area contributed by atoms with Crippen molar-refractivity contribution in [3.8, 4) is 17.0 Å². The fourth-order valence-electron chi connectivity index (χ4n) is 4.19. The summed E-state index contributed by atoms with van der Waals surface area (Å²) < 4.78 is 44.2. The van der Waals surface area contributed by atoms with Crippen LogP contribution in [0, 0.1) is 6.92 Å². The third-order valence-electron chi connectivity index (χ3n) is 5.69. The molecule has 3 aromatic rings. The number of halogens is 3. The predicted molar refractivity (Wildman–Crippen MR) is 105 cm³/mol. The summed E-state index contributed by atoms with van der Waals surface area (Å²) in [7, 11) is 1.55. The number of amides is 1. The van der Waals surface area contributed by atoms with Gasteiger partial charge in [-0.25, -0.2) is 4.98 Å². The minimum absolute atomic E-state index is 0.264. The maximum absolute atomic E-state index is 13.3. The number of hydrogen-bond donors (Lipinski definition) is 0. The normalized spacial score (nSPS) is 16.7. The van der Waals surface area contributed by atoms with Gasteiger partial charge in [0.05, 0.1) is 47.7 Å².